The fourth-order valence-electron chi connectivity index (χ4n) is 2.56. The molecule has 0 saturated carbocycles. The Morgan fingerprint density at radius 3 is 2.55 bits per heavy atom. The van der Waals surface area contributed by atoms with E-state index in [-0.39, 0.29) is 18.4 Å². The fourth-order valence-corrected chi connectivity index (χ4v) is 2.56. The average molecular weight is 294 g/mol. The molecule has 0 aliphatic rings. The number of nitrogens with zero attached hydrogens (tertiary/aromatic N) is 3. The minimum absolute atomic E-state index is 0. The first kappa shape index (κ1) is 14.4. The second-order valence-corrected chi connectivity index (χ2v) is 4.41. The second kappa shape index (κ2) is 5.17. The molecule has 0 amide bonds. The van der Waals surface area contributed by atoms with Crippen LogP contribution in [0.5, 0.6) is 0 Å². The predicted octanol–water partition coefficient (Wildman–Crippen LogP) is 2.83. The van der Waals surface area contributed by atoms with Crippen molar-refractivity contribution in [1.29, 1.82) is 0 Å². The number of benzene rings is 1. The zero-order chi connectivity index (χ0) is 13.6. The number of imidazole rings is 2. The Balaban J connectivity index is 0.00000147. The van der Waals surface area contributed by atoms with E-state index in [2.05, 4.69) is 16.5 Å². The van der Waals surface area contributed by atoms with E-state index in [9.17, 15) is 4.79 Å². The van der Waals surface area contributed by atoms with Crippen molar-refractivity contribution in [2.75, 3.05) is 7.11 Å². The molecule has 20 heavy (non-hydrogen) atoms. The van der Waals surface area contributed by atoms with Gasteiger partial charge < -0.3 is 9.30 Å². The molecule has 0 N–H and O–H groups in total. The van der Waals surface area contributed by atoms with Crippen LogP contribution in [-0.2, 0) is 11.3 Å². The Hall–Kier alpha value is -2.01. The number of hydrogen-bond donors (Lipinski definition) is 0. The second-order valence-electron chi connectivity index (χ2n) is 4.41. The minimum atomic E-state index is -0.357. The highest BCUT2D eigenvalue weighted by atomic mass is 35.5. The van der Waals surface area contributed by atoms with E-state index in [1.165, 1.54) is 7.11 Å². The number of esters is 1. The van der Waals surface area contributed by atoms with Gasteiger partial charge in [-0.3, -0.25) is 4.40 Å². The van der Waals surface area contributed by atoms with Gasteiger partial charge in [0, 0.05) is 6.54 Å². The molecule has 0 atom stereocenters. The van der Waals surface area contributed by atoms with Crippen molar-refractivity contribution in [3.63, 3.8) is 0 Å². The number of carbonyl (C=O) groups is 1. The summed E-state index contributed by atoms with van der Waals surface area (Å²) in [7, 11) is 1.39. The van der Waals surface area contributed by atoms with E-state index in [1.807, 2.05) is 35.6 Å². The largest absolute Gasteiger partial charge is 0.464 e. The molecule has 0 spiro atoms. The molecule has 3 rings (SSSR count). The molecule has 0 bridgehead atoms. The lowest BCUT2D eigenvalue weighted by molar-refractivity contribution is 0.0592. The minimum Gasteiger partial charge on any atom is -0.464 e. The summed E-state index contributed by atoms with van der Waals surface area (Å²) in [6, 6.07) is 7.96. The summed E-state index contributed by atoms with van der Waals surface area (Å²) < 4.78 is 8.83. The topological polar surface area (TPSA) is 48.5 Å². The van der Waals surface area contributed by atoms with Crippen LogP contribution < -0.4 is 0 Å². The van der Waals surface area contributed by atoms with Crippen LogP contribution in [0.25, 0.3) is 16.8 Å². The van der Waals surface area contributed by atoms with Crippen LogP contribution in [0.2, 0.25) is 0 Å². The van der Waals surface area contributed by atoms with E-state index in [1.54, 1.807) is 0 Å². The van der Waals surface area contributed by atoms with Gasteiger partial charge in [-0.15, -0.1) is 12.4 Å². The number of para-hydroxylation sites is 2. The number of hydrogen-bond acceptors (Lipinski definition) is 3. The Labute approximate surface area is 122 Å². The summed E-state index contributed by atoms with van der Waals surface area (Å²) in [4.78, 5) is 16.5. The first-order chi connectivity index (χ1) is 9.19. The van der Waals surface area contributed by atoms with Crippen LogP contribution in [-0.4, -0.2) is 27.0 Å². The maximum Gasteiger partial charge on any atom is 0.357 e. The summed E-state index contributed by atoms with van der Waals surface area (Å²) in [6.45, 7) is 4.69. The Kier molecular flexibility index (Phi) is 3.72. The lowest BCUT2D eigenvalue weighted by atomic mass is 10.3. The van der Waals surface area contributed by atoms with Crippen LogP contribution in [0, 0.1) is 6.92 Å². The number of ether oxygens (including phenoxy) is 1. The lowest BCUT2D eigenvalue weighted by Gasteiger charge is -2.00. The smallest absolute Gasteiger partial charge is 0.357 e. The third-order valence-corrected chi connectivity index (χ3v) is 3.38. The molecule has 0 aliphatic heterocycles. The molecule has 0 saturated heterocycles. The van der Waals surface area contributed by atoms with E-state index >= 15 is 0 Å². The Morgan fingerprint density at radius 2 is 1.95 bits per heavy atom. The molecule has 0 unspecified atom stereocenters. The van der Waals surface area contributed by atoms with Gasteiger partial charge in [0.1, 0.15) is 0 Å². The van der Waals surface area contributed by atoms with Crippen LogP contribution in [0.15, 0.2) is 24.3 Å². The van der Waals surface area contributed by atoms with Gasteiger partial charge in [-0.05, 0) is 26.0 Å². The van der Waals surface area contributed by atoms with Gasteiger partial charge in [-0.1, -0.05) is 12.1 Å². The van der Waals surface area contributed by atoms with E-state index < -0.39 is 0 Å². The number of aryl methyl sites for hydroxylation is 2. The lowest BCUT2D eigenvalue weighted by Crippen LogP contribution is -2.06. The molecule has 2 aromatic heterocycles. The number of methoxy groups -OCH3 is 1. The summed E-state index contributed by atoms with van der Waals surface area (Å²) in [5.74, 6) is 0.422. The molecule has 1 aromatic carbocycles. The normalized spacial score (nSPS) is 10.8. The Bertz CT molecular complexity index is 789. The van der Waals surface area contributed by atoms with Crippen LogP contribution in [0.3, 0.4) is 0 Å². The molecule has 0 fully saturated rings. The first-order valence-electron chi connectivity index (χ1n) is 6.23. The van der Waals surface area contributed by atoms with E-state index in [4.69, 9.17) is 4.74 Å². The molecule has 2 heterocycles. The predicted molar refractivity (Wildman–Crippen MR) is 79.7 cm³/mol. The highest BCUT2D eigenvalue weighted by Crippen LogP contribution is 2.24. The quantitative estimate of drug-likeness (QED) is 0.683. The average Bonchev–Trinajstić information content (AvgIpc) is 2.90. The van der Waals surface area contributed by atoms with Gasteiger partial charge in [0.15, 0.2) is 5.69 Å². The standard InChI is InChI=1S/C14H15N3O2.ClH/c1-4-16-10-7-5-6-8-11(10)17-12(13(18)19-3)9(2)15-14(16)17;/h5-8H,4H2,1-3H3;1H. The van der Waals surface area contributed by atoms with E-state index in [0.29, 0.717) is 11.4 Å². The maximum absolute atomic E-state index is 12.0. The monoisotopic (exact) mass is 293 g/mol. The molecule has 106 valence electrons. The zero-order valence-electron chi connectivity index (χ0n) is 11.6. The number of halogens is 1. The number of aromatic nitrogens is 3. The molecule has 0 radical (unpaired) electrons. The molecule has 5 nitrogen and oxygen atoms in total. The van der Waals surface area contributed by atoms with Gasteiger partial charge in [0.05, 0.1) is 23.8 Å². The van der Waals surface area contributed by atoms with Crippen molar-refractivity contribution < 1.29 is 9.53 Å². The zero-order valence-corrected chi connectivity index (χ0v) is 12.4. The molecule has 6 heteroatoms. The Morgan fingerprint density at radius 1 is 1.30 bits per heavy atom. The third-order valence-electron chi connectivity index (χ3n) is 3.38. The van der Waals surface area contributed by atoms with Gasteiger partial charge in [-0.25, -0.2) is 9.78 Å². The van der Waals surface area contributed by atoms with Crippen molar-refractivity contribution in [1.82, 2.24) is 14.0 Å². The molecular weight excluding hydrogens is 278 g/mol. The van der Waals surface area contributed by atoms with Crippen molar-refractivity contribution >= 4 is 35.2 Å². The summed E-state index contributed by atoms with van der Waals surface area (Å²) in [5, 5.41) is 0. The highest BCUT2D eigenvalue weighted by molar-refractivity contribution is 5.93. The summed E-state index contributed by atoms with van der Waals surface area (Å²) in [6.07, 6.45) is 0. The van der Waals surface area contributed by atoms with E-state index in [0.717, 1.165) is 23.4 Å². The summed E-state index contributed by atoms with van der Waals surface area (Å²) in [5.41, 5.74) is 3.23. The number of rotatable bonds is 2. The van der Waals surface area contributed by atoms with Crippen molar-refractivity contribution in [3.05, 3.63) is 35.7 Å². The van der Waals surface area contributed by atoms with Crippen LogP contribution in [0.1, 0.15) is 23.1 Å². The van der Waals surface area contributed by atoms with Crippen molar-refractivity contribution in [2.45, 2.75) is 20.4 Å². The molecule has 3 aromatic rings. The maximum atomic E-state index is 12.0. The van der Waals surface area contributed by atoms with Crippen molar-refractivity contribution in [3.8, 4) is 0 Å². The van der Waals surface area contributed by atoms with Gasteiger partial charge in [0.25, 0.3) is 0 Å². The van der Waals surface area contributed by atoms with Gasteiger partial charge in [-0.2, -0.15) is 0 Å². The van der Waals surface area contributed by atoms with Gasteiger partial charge in [0.2, 0.25) is 5.78 Å². The molecule has 0 aliphatic carbocycles. The van der Waals surface area contributed by atoms with Crippen LogP contribution >= 0.6 is 12.4 Å². The van der Waals surface area contributed by atoms with Crippen LogP contribution in [0.4, 0.5) is 0 Å². The highest BCUT2D eigenvalue weighted by Gasteiger charge is 2.22. The summed E-state index contributed by atoms with van der Waals surface area (Å²) >= 11 is 0. The number of carbonyl (C=O) groups excluding carboxylic acids is 1. The number of fused-ring (bicyclic) bond motifs is 3. The van der Waals surface area contributed by atoms with Crippen molar-refractivity contribution in [2.24, 2.45) is 0 Å². The first-order valence-corrected chi connectivity index (χ1v) is 6.23. The SMILES string of the molecule is CCn1c2ccccc2n2c(C(=O)OC)c(C)nc12.Cl. The fraction of sp³-hybridized carbons (Fsp3) is 0.286. The molecular formula is C14H16ClN3O2. The third kappa shape index (κ3) is 1.78. The van der Waals surface area contributed by atoms with Gasteiger partial charge >= 0.3 is 5.97 Å².